The smallest absolute Gasteiger partial charge is 0.340 e. The van der Waals surface area contributed by atoms with Gasteiger partial charge in [-0.1, -0.05) is 12.1 Å². The Morgan fingerprint density at radius 2 is 1.92 bits per heavy atom. The van der Waals surface area contributed by atoms with Crippen molar-refractivity contribution in [1.82, 2.24) is 0 Å². The number of ether oxygens (including phenoxy) is 2. The van der Waals surface area contributed by atoms with Crippen LogP contribution in [0.5, 0.6) is 5.75 Å². The second kappa shape index (κ2) is 7.31. The predicted octanol–water partition coefficient (Wildman–Crippen LogP) is 1.86. The molecular formula is C19H20FNO5. The third-order valence-electron chi connectivity index (χ3n) is 4.49. The minimum Gasteiger partial charge on any atom is -0.497 e. The molecule has 1 aliphatic heterocycles. The summed E-state index contributed by atoms with van der Waals surface area (Å²) in [6.45, 7) is 0.256. The van der Waals surface area contributed by atoms with Crippen LogP contribution in [-0.2, 0) is 17.7 Å². The van der Waals surface area contributed by atoms with E-state index in [-0.39, 0.29) is 18.5 Å². The summed E-state index contributed by atoms with van der Waals surface area (Å²) in [5, 5.41) is 20.6. The molecule has 138 valence electrons. The van der Waals surface area contributed by atoms with Crippen LogP contribution in [0.3, 0.4) is 0 Å². The van der Waals surface area contributed by atoms with Crippen LogP contribution in [-0.4, -0.2) is 42.7 Å². The van der Waals surface area contributed by atoms with Gasteiger partial charge in [0, 0.05) is 18.7 Å². The summed E-state index contributed by atoms with van der Waals surface area (Å²) in [5.41, 5.74) is 1.66. The van der Waals surface area contributed by atoms with E-state index in [9.17, 15) is 19.4 Å². The number of hydrogen-bond donors (Lipinski definition) is 2. The van der Waals surface area contributed by atoms with Crippen molar-refractivity contribution < 1.29 is 28.9 Å². The quantitative estimate of drug-likeness (QED) is 0.810. The minimum absolute atomic E-state index is 0.111. The van der Waals surface area contributed by atoms with E-state index < -0.39 is 24.1 Å². The van der Waals surface area contributed by atoms with Gasteiger partial charge in [-0.15, -0.1) is 0 Å². The van der Waals surface area contributed by atoms with Gasteiger partial charge in [0.1, 0.15) is 17.7 Å². The largest absolute Gasteiger partial charge is 0.497 e. The molecule has 0 aromatic heterocycles. The first kappa shape index (κ1) is 18.2. The van der Waals surface area contributed by atoms with Gasteiger partial charge < -0.3 is 24.6 Å². The van der Waals surface area contributed by atoms with Gasteiger partial charge in [-0.25, -0.2) is 9.18 Å². The topological polar surface area (TPSA) is 79.2 Å². The zero-order valence-electron chi connectivity index (χ0n) is 14.5. The number of esters is 1. The van der Waals surface area contributed by atoms with Crippen molar-refractivity contribution in [3.8, 4) is 5.75 Å². The lowest BCUT2D eigenvalue weighted by atomic mass is 9.95. The van der Waals surface area contributed by atoms with E-state index in [2.05, 4.69) is 4.74 Å². The molecule has 0 bridgehead atoms. The van der Waals surface area contributed by atoms with E-state index in [1.807, 2.05) is 12.1 Å². The average molecular weight is 361 g/mol. The molecule has 7 heteroatoms. The Labute approximate surface area is 150 Å². The normalized spacial score (nSPS) is 19.0. The Bertz CT molecular complexity index is 808. The molecule has 2 N–H and O–H groups in total. The molecule has 2 unspecified atom stereocenters. The third-order valence-corrected chi connectivity index (χ3v) is 4.49. The first-order valence-corrected chi connectivity index (χ1v) is 8.11. The fourth-order valence-electron chi connectivity index (χ4n) is 3.09. The molecule has 0 spiro atoms. The van der Waals surface area contributed by atoms with Crippen LogP contribution in [0.25, 0.3) is 0 Å². The van der Waals surface area contributed by atoms with Crippen LogP contribution < -0.4 is 9.64 Å². The highest BCUT2D eigenvalue weighted by Crippen LogP contribution is 2.34. The van der Waals surface area contributed by atoms with Gasteiger partial charge in [0.15, 0.2) is 6.23 Å². The van der Waals surface area contributed by atoms with Gasteiger partial charge in [-0.3, -0.25) is 0 Å². The number of fused-ring (bicyclic) bond motifs is 1. The zero-order chi connectivity index (χ0) is 18.8. The number of aliphatic hydroxyl groups is 2. The lowest BCUT2D eigenvalue weighted by Gasteiger charge is -2.39. The highest BCUT2D eigenvalue weighted by Gasteiger charge is 2.33. The van der Waals surface area contributed by atoms with Crippen molar-refractivity contribution in [2.24, 2.45) is 0 Å². The fraction of sp³-hybridized carbons (Fsp3) is 0.316. The second-order valence-corrected chi connectivity index (χ2v) is 6.11. The van der Waals surface area contributed by atoms with Gasteiger partial charge in [0.2, 0.25) is 0 Å². The number of carbonyl (C=O) groups excluding carboxylic acids is 1. The monoisotopic (exact) mass is 361 g/mol. The number of carbonyl (C=O) groups is 1. The molecule has 1 aliphatic rings. The van der Waals surface area contributed by atoms with Crippen molar-refractivity contribution in [2.45, 2.75) is 25.3 Å². The molecule has 2 aromatic rings. The first-order valence-electron chi connectivity index (χ1n) is 8.11. The van der Waals surface area contributed by atoms with Crippen LogP contribution in [0.4, 0.5) is 10.1 Å². The third kappa shape index (κ3) is 3.36. The van der Waals surface area contributed by atoms with Gasteiger partial charge in [-0.2, -0.15) is 0 Å². The van der Waals surface area contributed by atoms with Crippen LogP contribution in [0.15, 0.2) is 36.4 Å². The summed E-state index contributed by atoms with van der Waals surface area (Å²) in [4.78, 5) is 13.2. The molecule has 26 heavy (non-hydrogen) atoms. The summed E-state index contributed by atoms with van der Waals surface area (Å²) in [6, 6.07) is 9.78. The molecule has 0 fully saturated rings. The molecule has 6 nitrogen and oxygen atoms in total. The number of methoxy groups -OCH3 is 2. The number of benzene rings is 2. The molecule has 2 aromatic carbocycles. The number of halogens is 1. The molecule has 0 amide bonds. The Hall–Kier alpha value is -2.64. The van der Waals surface area contributed by atoms with E-state index >= 15 is 0 Å². The maximum absolute atomic E-state index is 14.4. The summed E-state index contributed by atoms with van der Waals surface area (Å²) in [5.74, 6) is -0.825. The van der Waals surface area contributed by atoms with E-state index in [0.29, 0.717) is 17.0 Å². The van der Waals surface area contributed by atoms with Crippen LogP contribution in [0.1, 0.15) is 21.5 Å². The average Bonchev–Trinajstić information content (AvgIpc) is 2.65. The van der Waals surface area contributed by atoms with Crippen LogP contribution in [0, 0.1) is 5.82 Å². The van der Waals surface area contributed by atoms with Crippen molar-refractivity contribution in [2.75, 3.05) is 19.1 Å². The van der Waals surface area contributed by atoms with Crippen molar-refractivity contribution in [3.63, 3.8) is 0 Å². The Morgan fingerprint density at radius 3 is 2.54 bits per heavy atom. The lowest BCUT2D eigenvalue weighted by Crippen LogP contribution is -2.48. The standard InChI is InChI=1S/C19H20FNO5/c1-25-13-5-3-11(4-6-13)10-21-16-9-15(20)14(19(24)26-2)7-12(16)8-17(22)18(21)23/h3-7,9,17-18,22-23H,8,10H2,1-2H3. The molecule has 2 atom stereocenters. The molecule has 0 aliphatic carbocycles. The number of hydrogen-bond acceptors (Lipinski definition) is 6. The van der Waals surface area contributed by atoms with E-state index in [1.165, 1.54) is 24.1 Å². The van der Waals surface area contributed by atoms with Gasteiger partial charge in [-0.05, 0) is 35.4 Å². The minimum atomic E-state index is -1.19. The van der Waals surface area contributed by atoms with E-state index in [0.717, 1.165) is 5.56 Å². The highest BCUT2D eigenvalue weighted by molar-refractivity contribution is 5.90. The fourth-order valence-corrected chi connectivity index (χ4v) is 3.09. The molecule has 0 saturated carbocycles. The molecule has 3 rings (SSSR count). The van der Waals surface area contributed by atoms with Crippen LogP contribution >= 0.6 is 0 Å². The predicted molar refractivity (Wildman–Crippen MR) is 92.6 cm³/mol. The van der Waals surface area contributed by atoms with Gasteiger partial charge >= 0.3 is 5.97 Å². The summed E-state index contributed by atoms with van der Waals surface area (Å²) in [7, 11) is 2.74. The lowest BCUT2D eigenvalue weighted by molar-refractivity contribution is 0.0116. The Morgan fingerprint density at radius 1 is 1.23 bits per heavy atom. The summed E-state index contributed by atoms with van der Waals surface area (Å²) >= 11 is 0. The van der Waals surface area contributed by atoms with Crippen molar-refractivity contribution in [3.05, 3.63) is 58.9 Å². The maximum Gasteiger partial charge on any atom is 0.340 e. The molecule has 1 heterocycles. The molecule has 0 saturated heterocycles. The highest BCUT2D eigenvalue weighted by atomic mass is 19.1. The Kier molecular flexibility index (Phi) is 5.11. The molecule has 0 radical (unpaired) electrons. The number of aliphatic hydroxyl groups excluding tert-OH is 2. The van der Waals surface area contributed by atoms with Gasteiger partial charge in [0.05, 0.1) is 19.8 Å². The zero-order valence-corrected chi connectivity index (χ0v) is 14.5. The maximum atomic E-state index is 14.4. The van der Waals surface area contributed by atoms with Crippen molar-refractivity contribution >= 4 is 11.7 Å². The summed E-state index contributed by atoms with van der Waals surface area (Å²) in [6.07, 6.45) is -2.13. The SMILES string of the molecule is COC(=O)c1cc2c(cc1F)N(Cc1ccc(OC)cc1)C(O)C(O)C2. The van der Waals surface area contributed by atoms with E-state index in [1.54, 1.807) is 19.2 Å². The van der Waals surface area contributed by atoms with E-state index in [4.69, 9.17) is 4.74 Å². The van der Waals surface area contributed by atoms with Gasteiger partial charge in [0.25, 0.3) is 0 Å². The number of rotatable bonds is 4. The number of anilines is 1. The number of nitrogens with zero attached hydrogens (tertiary/aromatic N) is 1. The summed E-state index contributed by atoms with van der Waals surface area (Å²) < 4.78 is 24.1. The van der Waals surface area contributed by atoms with Crippen molar-refractivity contribution in [1.29, 1.82) is 0 Å². The second-order valence-electron chi connectivity index (χ2n) is 6.11. The Balaban J connectivity index is 1.98. The van der Waals surface area contributed by atoms with Crippen LogP contribution in [0.2, 0.25) is 0 Å². The first-order chi connectivity index (χ1) is 12.4. The molecular weight excluding hydrogens is 341 g/mol.